The van der Waals surface area contributed by atoms with Gasteiger partial charge in [-0.25, -0.2) is 0 Å². The van der Waals surface area contributed by atoms with Crippen molar-refractivity contribution >= 4 is 33.5 Å². The average molecular weight is 430 g/mol. The van der Waals surface area contributed by atoms with Crippen LogP contribution < -0.4 is 4.74 Å². The van der Waals surface area contributed by atoms with Crippen LogP contribution in [0.3, 0.4) is 0 Å². The number of carbonyl (C=O) groups is 1. The fourth-order valence-corrected chi connectivity index (χ4v) is 3.95. The molecule has 2 nitrogen and oxygen atoms in total. The van der Waals surface area contributed by atoms with Crippen molar-refractivity contribution in [2.45, 2.75) is 19.3 Å². The zero-order valence-corrected chi connectivity index (χ0v) is 16.6. The highest BCUT2D eigenvalue weighted by atomic mass is 79.9. The first-order valence-electron chi connectivity index (χ1n) is 8.31. The molecule has 0 amide bonds. The van der Waals surface area contributed by atoms with E-state index >= 15 is 0 Å². The summed E-state index contributed by atoms with van der Waals surface area (Å²) < 4.78 is 6.47. The highest BCUT2D eigenvalue weighted by Crippen LogP contribution is 2.34. The van der Waals surface area contributed by atoms with E-state index in [1.165, 1.54) is 0 Å². The van der Waals surface area contributed by atoms with Crippen LogP contribution in [0.2, 0.25) is 5.02 Å². The maximum Gasteiger partial charge on any atom is 0.312 e. The molecule has 3 aromatic carbocycles. The van der Waals surface area contributed by atoms with Crippen molar-refractivity contribution in [3.63, 3.8) is 0 Å². The van der Waals surface area contributed by atoms with Crippen LogP contribution in [-0.2, 0) is 4.79 Å². The molecule has 0 bridgehead atoms. The molecule has 3 rings (SSSR count). The number of hydrogen-bond donors (Lipinski definition) is 0. The standard InChI is InChI=1S/C22H18BrClO2/c1-15-12-18(23)13-20(24)22(15)26-21(25)14-19(16-8-4-2-5-9-16)17-10-6-3-7-11-17/h2-13,19H,14H2,1H3. The Labute approximate surface area is 166 Å². The highest BCUT2D eigenvalue weighted by Gasteiger charge is 2.21. The molecule has 0 aliphatic carbocycles. The number of benzene rings is 3. The summed E-state index contributed by atoms with van der Waals surface area (Å²) in [6, 6.07) is 23.6. The second-order valence-corrected chi connectivity index (χ2v) is 7.41. The average Bonchev–Trinajstić information content (AvgIpc) is 2.64. The van der Waals surface area contributed by atoms with Crippen LogP contribution in [0.15, 0.2) is 77.3 Å². The Morgan fingerprint density at radius 3 is 2.04 bits per heavy atom. The zero-order chi connectivity index (χ0) is 18.5. The van der Waals surface area contributed by atoms with Crippen LogP contribution in [0.4, 0.5) is 0 Å². The summed E-state index contributed by atoms with van der Waals surface area (Å²) in [5, 5.41) is 0.418. The Morgan fingerprint density at radius 1 is 1.00 bits per heavy atom. The first kappa shape index (κ1) is 18.7. The molecule has 132 valence electrons. The second kappa shape index (κ2) is 8.52. The third-order valence-corrected chi connectivity index (χ3v) is 4.92. The van der Waals surface area contributed by atoms with Crippen LogP contribution in [-0.4, -0.2) is 5.97 Å². The predicted octanol–water partition coefficient (Wildman–Crippen LogP) is 6.54. The van der Waals surface area contributed by atoms with Gasteiger partial charge in [-0.05, 0) is 35.7 Å². The molecular formula is C22H18BrClO2. The van der Waals surface area contributed by atoms with Gasteiger partial charge in [0.1, 0.15) is 0 Å². The van der Waals surface area contributed by atoms with Crippen LogP contribution in [0, 0.1) is 6.92 Å². The number of ether oxygens (including phenoxy) is 1. The van der Waals surface area contributed by atoms with Crippen molar-refractivity contribution in [3.05, 3.63) is 99.0 Å². The highest BCUT2D eigenvalue weighted by molar-refractivity contribution is 9.10. The smallest absolute Gasteiger partial charge is 0.312 e. The van der Waals surface area contributed by atoms with Crippen molar-refractivity contribution in [2.75, 3.05) is 0 Å². The molecule has 26 heavy (non-hydrogen) atoms. The molecule has 0 saturated heterocycles. The van der Waals surface area contributed by atoms with Crippen LogP contribution in [0.5, 0.6) is 5.75 Å². The quantitative estimate of drug-likeness (QED) is 0.340. The summed E-state index contributed by atoms with van der Waals surface area (Å²) >= 11 is 9.63. The van der Waals surface area contributed by atoms with Crippen molar-refractivity contribution < 1.29 is 9.53 Å². The van der Waals surface area contributed by atoms with E-state index in [0.29, 0.717) is 10.8 Å². The van der Waals surface area contributed by atoms with E-state index in [9.17, 15) is 4.79 Å². The third-order valence-electron chi connectivity index (χ3n) is 4.18. The summed E-state index contributed by atoms with van der Waals surface area (Å²) in [6.07, 6.45) is 0.236. The van der Waals surface area contributed by atoms with Gasteiger partial charge in [0.2, 0.25) is 0 Å². The minimum Gasteiger partial charge on any atom is -0.425 e. The van der Waals surface area contributed by atoms with Gasteiger partial charge in [0.25, 0.3) is 0 Å². The maximum atomic E-state index is 12.7. The lowest BCUT2D eigenvalue weighted by molar-refractivity contribution is -0.134. The third kappa shape index (κ3) is 4.54. The molecule has 0 spiro atoms. The molecule has 0 fully saturated rings. The fraction of sp³-hybridized carbons (Fsp3) is 0.136. The second-order valence-electron chi connectivity index (χ2n) is 6.09. The van der Waals surface area contributed by atoms with E-state index in [2.05, 4.69) is 15.9 Å². The van der Waals surface area contributed by atoms with Gasteiger partial charge >= 0.3 is 5.97 Å². The summed E-state index contributed by atoms with van der Waals surface area (Å²) in [5.74, 6) is 0.0363. The summed E-state index contributed by atoms with van der Waals surface area (Å²) in [6.45, 7) is 1.87. The van der Waals surface area contributed by atoms with Crippen LogP contribution in [0.1, 0.15) is 29.0 Å². The van der Waals surface area contributed by atoms with Gasteiger partial charge in [0.05, 0.1) is 11.4 Å². The van der Waals surface area contributed by atoms with E-state index in [4.69, 9.17) is 16.3 Å². The van der Waals surface area contributed by atoms with Gasteiger partial charge in [-0.3, -0.25) is 4.79 Å². The van der Waals surface area contributed by atoms with Gasteiger partial charge in [-0.15, -0.1) is 0 Å². The largest absolute Gasteiger partial charge is 0.425 e. The number of carbonyl (C=O) groups excluding carboxylic acids is 1. The molecular weight excluding hydrogens is 412 g/mol. The molecule has 0 saturated carbocycles. The van der Waals surface area contributed by atoms with Gasteiger partial charge in [-0.2, -0.15) is 0 Å². The van der Waals surface area contributed by atoms with Crippen molar-refractivity contribution in [3.8, 4) is 5.75 Å². The van der Waals surface area contributed by atoms with Crippen molar-refractivity contribution in [1.29, 1.82) is 0 Å². The Balaban J connectivity index is 1.85. The molecule has 0 radical (unpaired) electrons. The van der Waals surface area contributed by atoms with E-state index < -0.39 is 0 Å². The van der Waals surface area contributed by atoms with Gasteiger partial charge in [0, 0.05) is 10.4 Å². The SMILES string of the molecule is Cc1cc(Br)cc(Cl)c1OC(=O)CC(c1ccccc1)c1ccccc1. The molecule has 0 aliphatic heterocycles. The molecule has 0 aliphatic rings. The Morgan fingerprint density at radius 2 is 1.54 bits per heavy atom. The summed E-state index contributed by atoms with van der Waals surface area (Å²) in [7, 11) is 0. The zero-order valence-electron chi connectivity index (χ0n) is 14.3. The Kier molecular flexibility index (Phi) is 6.12. The number of halogens is 2. The Bertz CT molecular complexity index is 832. The number of hydrogen-bond acceptors (Lipinski definition) is 2. The van der Waals surface area contributed by atoms with Crippen LogP contribution >= 0.6 is 27.5 Å². The van der Waals surface area contributed by atoms with E-state index in [0.717, 1.165) is 21.2 Å². The van der Waals surface area contributed by atoms with Gasteiger partial charge in [-0.1, -0.05) is 88.2 Å². The van der Waals surface area contributed by atoms with Gasteiger partial charge in [0.15, 0.2) is 5.75 Å². The lowest BCUT2D eigenvalue weighted by Gasteiger charge is -2.18. The number of rotatable bonds is 5. The molecule has 3 aromatic rings. The molecule has 0 heterocycles. The normalized spacial score (nSPS) is 10.8. The summed E-state index contributed by atoms with van der Waals surface area (Å²) in [4.78, 5) is 12.7. The monoisotopic (exact) mass is 428 g/mol. The van der Waals surface area contributed by atoms with Crippen molar-refractivity contribution in [1.82, 2.24) is 0 Å². The Hall–Kier alpha value is -2.10. The van der Waals surface area contributed by atoms with Crippen LogP contribution in [0.25, 0.3) is 0 Å². The lowest BCUT2D eigenvalue weighted by atomic mass is 9.88. The molecule has 4 heteroatoms. The lowest BCUT2D eigenvalue weighted by Crippen LogP contribution is -2.15. The fourth-order valence-electron chi connectivity index (χ4n) is 2.94. The molecule has 0 N–H and O–H groups in total. The topological polar surface area (TPSA) is 26.3 Å². The first-order valence-corrected chi connectivity index (χ1v) is 9.48. The van der Waals surface area contributed by atoms with E-state index in [1.54, 1.807) is 6.07 Å². The molecule has 0 aromatic heterocycles. The van der Waals surface area contributed by atoms with Crippen molar-refractivity contribution in [2.24, 2.45) is 0 Å². The minimum atomic E-state index is -0.310. The van der Waals surface area contributed by atoms with E-state index in [1.807, 2.05) is 73.7 Å². The van der Waals surface area contributed by atoms with Gasteiger partial charge < -0.3 is 4.74 Å². The van der Waals surface area contributed by atoms with E-state index in [-0.39, 0.29) is 18.3 Å². The summed E-state index contributed by atoms with van der Waals surface area (Å²) in [5.41, 5.74) is 2.97. The number of aryl methyl sites for hydroxylation is 1. The number of esters is 1. The molecule has 0 atom stereocenters. The maximum absolute atomic E-state index is 12.7. The molecule has 0 unspecified atom stereocenters. The predicted molar refractivity (Wildman–Crippen MR) is 109 cm³/mol. The minimum absolute atomic E-state index is 0.0700. The first-order chi connectivity index (χ1) is 12.5.